The molecule has 2 fully saturated rings. The molecule has 1 aliphatic heterocycles. The molecule has 1 aliphatic carbocycles. The predicted octanol–water partition coefficient (Wildman–Crippen LogP) is 2.01. The van der Waals surface area contributed by atoms with E-state index in [0.29, 0.717) is 0 Å². The van der Waals surface area contributed by atoms with Crippen molar-refractivity contribution in [2.75, 3.05) is 11.9 Å². The number of hydrogen-bond acceptors (Lipinski definition) is 5. The predicted molar refractivity (Wildman–Crippen MR) is 109 cm³/mol. The molecule has 1 saturated heterocycles. The molecule has 34 heavy (non-hydrogen) atoms. The van der Waals surface area contributed by atoms with Crippen LogP contribution < -0.4 is 10.6 Å². The van der Waals surface area contributed by atoms with Gasteiger partial charge >= 0.3 is 11.8 Å². The van der Waals surface area contributed by atoms with Crippen molar-refractivity contribution in [1.29, 1.82) is 0 Å². The number of halogens is 4. The number of carbonyl (C=O) groups is 3. The minimum absolute atomic E-state index is 0.0591. The average molecular weight is 482 g/mol. The van der Waals surface area contributed by atoms with Crippen LogP contribution in [-0.4, -0.2) is 56.5 Å². The quantitative estimate of drug-likeness (QED) is 0.455. The second-order valence-electron chi connectivity index (χ2n) is 8.76. The van der Waals surface area contributed by atoms with Gasteiger partial charge in [-0.1, -0.05) is 5.21 Å². The molecule has 0 bridgehead atoms. The standard InChI is InChI=1S/C21H22F4N6O3/c1-10-13(22)3-4-14(16(10)23)27-17(32)12-5-6-31(11(12)2)19(34)18(33)28-20(8-21(24,25)9-20)15-7-26-30-29-15/h3-4,7,11-12H,5-6,8-9H2,1-2H3,(H,27,32)(H,28,33)(H,26,29,30)/t11-,12-/m0/s1. The molecule has 4 rings (SSSR count). The lowest BCUT2D eigenvalue weighted by Crippen LogP contribution is -2.62. The summed E-state index contributed by atoms with van der Waals surface area (Å²) in [5, 5.41) is 14.4. The maximum Gasteiger partial charge on any atom is 0.312 e. The number of alkyl halides is 2. The summed E-state index contributed by atoms with van der Waals surface area (Å²) in [6, 6.07) is 1.40. The van der Waals surface area contributed by atoms with Gasteiger partial charge in [0.2, 0.25) is 5.91 Å². The average Bonchev–Trinajstić information content (AvgIpc) is 3.42. The third-order valence-electron chi connectivity index (χ3n) is 6.51. The molecule has 2 atom stereocenters. The van der Waals surface area contributed by atoms with Gasteiger partial charge in [-0.25, -0.2) is 17.6 Å². The van der Waals surface area contributed by atoms with E-state index in [4.69, 9.17) is 0 Å². The summed E-state index contributed by atoms with van der Waals surface area (Å²) < 4.78 is 55.0. The Kier molecular flexibility index (Phi) is 5.82. The Hall–Kier alpha value is -3.51. The Balaban J connectivity index is 1.42. The molecule has 1 saturated carbocycles. The molecule has 3 amide bonds. The zero-order valence-electron chi connectivity index (χ0n) is 18.3. The normalized spacial score (nSPS) is 22.7. The van der Waals surface area contributed by atoms with Gasteiger partial charge in [0.15, 0.2) is 5.82 Å². The second-order valence-corrected chi connectivity index (χ2v) is 8.76. The van der Waals surface area contributed by atoms with Gasteiger partial charge < -0.3 is 15.5 Å². The Morgan fingerprint density at radius 2 is 1.91 bits per heavy atom. The molecule has 182 valence electrons. The number of rotatable bonds is 4. The lowest BCUT2D eigenvalue weighted by Gasteiger charge is -2.46. The molecule has 2 heterocycles. The number of nitrogens with one attached hydrogen (secondary N) is 3. The van der Waals surface area contributed by atoms with Crippen LogP contribution in [0.2, 0.25) is 0 Å². The monoisotopic (exact) mass is 482 g/mol. The third-order valence-corrected chi connectivity index (χ3v) is 6.51. The van der Waals surface area contributed by atoms with E-state index in [2.05, 4.69) is 26.0 Å². The van der Waals surface area contributed by atoms with Gasteiger partial charge in [-0.2, -0.15) is 0 Å². The van der Waals surface area contributed by atoms with Crippen molar-refractivity contribution in [2.24, 2.45) is 5.92 Å². The van der Waals surface area contributed by atoms with Crippen molar-refractivity contribution in [3.8, 4) is 0 Å². The minimum atomic E-state index is -3.02. The van der Waals surface area contributed by atoms with E-state index in [0.717, 1.165) is 12.1 Å². The van der Waals surface area contributed by atoms with E-state index >= 15 is 0 Å². The zero-order valence-corrected chi connectivity index (χ0v) is 18.3. The number of anilines is 1. The second kappa shape index (κ2) is 8.37. The van der Waals surface area contributed by atoms with Crippen LogP contribution in [0.3, 0.4) is 0 Å². The number of nitrogens with zero attached hydrogens (tertiary/aromatic N) is 3. The lowest BCUT2D eigenvalue weighted by molar-refractivity contribution is -0.160. The molecule has 9 nitrogen and oxygen atoms in total. The van der Waals surface area contributed by atoms with Gasteiger partial charge in [0.05, 0.1) is 17.1 Å². The summed E-state index contributed by atoms with van der Waals surface area (Å²) in [6.45, 7) is 2.85. The van der Waals surface area contributed by atoms with Crippen LogP contribution in [0, 0.1) is 24.5 Å². The van der Waals surface area contributed by atoms with Crippen LogP contribution in [0.15, 0.2) is 18.3 Å². The Morgan fingerprint density at radius 1 is 1.21 bits per heavy atom. The van der Waals surface area contributed by atoms with Crippen LogP contribution in [0.1, 0.15) is 37.4 Å². The fraction of sp³-hybridized carbons (Fsp3) is 0.476. The smallest absolute Gasteiger partial charge is 0.312 e. The topological polar surface area (TPSA) is 120 Å². The summed E-state index contributed by atoms with van der Waals surface area (Å²) in [6.07, 6.45) is 0.0129. The molecular weight excluding hydrogens is 460 g/mol. The first-order chi connectivity index (χ1) is 15.9. The van der Waals surface area contributed by atoms with Gasteiger partial charge in [-0.05, 0) is 32.4 Å². The SMILES string of the molecule is Cc1c(F)ccc(NC(=O)[C@H]2CCN(C(=O)C(=O)NC3(c4c[nH]nn4)CC(F)(F)C3)[C@H]2C)c1F. The van der Waals surface area contributed by atoms with Crippen LogP contribution in [0.5, 0.6) is 0 Å². The molecule has 0 spiro atoms. The molecule has 1 aromatic carbocycles. The first kappa shape index (κ1) is 23.6. The Labute approximate surface area is 191 Å². The van der Waals surface area contributed by atoms with Crippen molar-refractivity contribution < 1.29 is 31.9 Å². The highest BCUT2D eigenvalue weighted by atomic mass is 19.3. The van der Waals surface area contributed by atoms with Crippen LogP contribution in [0.4, 0.5) is 23.2 Å². The number of hydrogen-bond donors (Lipinski definition) is 3. The largest absolute Gasteiger partial charge is 0.336 e. The molecule has 0 unspecified atom stereocenters. The zero-order chi connectivity index (χ0) is 24.8. The van der Waals surface area contributed by atoms with E-state index < -0.39 is 65.6 Å². The third kappa shape index (κ3) is 4.10. The molecule has 3 N–H and O–H groups in total. The fourth-order valence-electron chi connectivity index (χ4n) is 4.56. The molecule has 2 aromatic rings. The summed E-state index contributed by atoms with van der Waals surface area (Å²) in [4.78, 5) is 39.4. The summed E-state index contributed by atoms with van der Waals surface area (Å²) in [7, 11) is 0. The molecule has 13 heteroatoms. The first-order valence-corrected chi connectivity index (χ1v) is 10.6. The van der Waals surface area contributed by atoms with Crippen molar-refractivity contribution in [3.05, 3.63) is 41.2 Å². The van der Waals surface area contributed by atoms with Crippen LogP contribution in [0.25, 0.3) is 0 Å². The summed E-state index contributed by atoms with van der Waals surface area (Å²) in [5.41, 5.74) is -1.88. The van der Waals surface area contributed by atoms with Crippen molar-refractivity contribution in [3.63, 3.8) is 0 Å². The van der Waals surface area contributed by atoms with E-state index in [9.17, 15) is 31.9 Å². The number of aromatic nitrogens is 3. The van der Waals surface area contributed by atoms with E-state index in [1.807, 2.05) is 0 Å². The number of aromatic amines is 1. The number of likely N-dealkylation sites (tertiary alicyclic amines) is 1. The number of H-pyrrole nitrogens is 1. The van der Waals surface area contributed by atoms with Crippen LogP contribution in [-0.2, 0) is 19.9 Å². The van der Waals surface area contributed by atoms with Gasteiger partial charge in [0.1, 0.15) is 11.5 Å². The highest BCUT2D eigenvalue weighted by Gasteiger charge is 2.60. The Morgan fingerprint density at radius 3 is 2.53 bits per heavy atom. The summed E-state index contributed by atoms with van der Waals surface area (Å²) in [5.74, 6) is -8.11. The maximum absolute atomic E-state index is 14.2. The van der Waals surface area contributed by atoms with Gasteiger partial charge in [0.25, 0.3) is 5.92 Å². The van der Waals surface area contributed by atoms with Crippen LogP contribution >= 0.6 is 0 Å². The number of amides is 3. The van der Waals surface area contributed by atoms with Gasteiger partial charge in [0, 0.05) is 37.2 Å². The lowest BCUT2D eigenvalue weighted by atomic mass is 9.71. The maximum atomic E-state index is 14.2. The highest BCUT2D eigenvalue weighted by molar-refractivity contribution is 6.35. The first-order valence-electron chi connectivity index (χ1n) is 10.6. The molecule has 1 aromatic heterocycles. The van der Waals surface area contributed by atoms with Gasteiger partial charge in [-0.3, -0.25) is 19.5 Å². The Bertz CT molecular complexity index is 1130. The summed E-state index contributed by atoms with van der Waals surface area (Å²) >= 11 is 0. The van der Waals surface area contributed by atoms with Crippen molar-refractivity contribution in [2.45, 2.75) is 50.6 Å². The highest BCUT2D eigenvalue weighted by Crippen LogP contribution is 2.51. The van der Waals surface area contributed by atoms with Crippen molar-refractivity contribution >= 4 is 23.4 Å². The minimum Gasteiger partial charge on any atom is -0.336 e. The number of carbonyl (C=O) groups excluding carboxylic acids is 3. The van der Waals surface area contributed by atoms with Gasteiger partial charge in [-0.15, -0.1) is 5.10 Å². The van der Waals surface area contributed by atoms with E-state index in [1.165, 1.54) is 18.0 Å². The number of benzene rings is 1. The molecule has 0 radical (unpaired) electrons. The van der Waals surface area contributed by atoms with E-state index in [1.54, 1.807) is 6.92 Å². The van der Waals surface area contributed by atoms with Crippen molar-refractivity contribution in [1.82, 2.24) is 25.6 Å². The molecular formula is C21H22F4N6O3. The fourth-order valence-corrected chi connectivity index (χ4v) is 4.56. The molecule has 2 aliphatic rings. The van der Waals surface area contributed by atoms with E-state index in [-0.39, 0.29) is 29.9 Å².